The van der Waals surface area contributed by atoms with E-state index in [0.717, 1.165) is 36.5 Å². The Morgan fingerprint density at radius 2 is 1.73 bits per heavy atom. The highest BCUT2D eigenvalue weighted by atomic mass is 16.5. The SMILES string of the molecule is COc1ccccc1-c1nn2cc(-c3ccccc3)c3c2n1CCCC3. The van der Waals surface area contributed by atoms with Crippen molar-refractivity contribution in [1.82, 2.24) is 14.2 Å². The number of hydrogen-bond acceptors (Lipinski definition) is 2. The Labute approximate surface area is 152 Å². The van der Waals surface area contributed by atoms with Crippen LogP contribution < -0.4 is 4.74 Å². The van der Waals surface area contributed by atoms with Gasteiger partial charge in [0.25, 0.3) is 0 Å². The average Bonchev–Trinajstić information content (AvgIpc) is 3.13. The van der Waals surface area contributed by atoms with E-state index in [0.29, 0.717) is 0 Å². The molecule has 2 aromatic carbocycles. The van der Waals surface area contributed by atoms with E-state index in [9.17, 15) is 0 Å². The van der Waals surface area contributed by atoms with Gasteiger partial charge in [-0.05, 0) is 37.0 Å². The van der Waals surface area contributed by atoms with Gasteiger partial charge in [-0.15, -0.1) is 5.10 Å². The molecule has 4 heteroatoms. The maximum atomic E-state index is 5.58. The summed E-state index contributed by atoms with van der Waals surface area (Å²) in [7, 11) is 1.72. The summed E-state index contributed by atoms with van der Waals surface area (Å²) >= 11 is 0. The van der Waals surface area contributed by atoms with Crippen LogP contribution in [-0.4, -0.2) is 21.3 Å². The van der Waals surface area contributed by atoms with Crippen molar-refractivity contribution in [2.45, 2.75) is 25.8 Å². The van der Waals surface area contributed by atoms with Crippen molar-refractivity contribution in [3.05, 3.63) is 66.4 Å². The zero-order valence-corrected chi connectivity index (χ0v) is 14.9. The van der Waals surface area contributed by atoms with Crippen molar-refractivity contribution in [2.24, 2.45) is 0 Å². The first-order valence-electron chi connectivity index (χ1n) is 9.16. The Kier molecular flexibility index (Phi) is 3.56. The van der Waals surface area contributed by atoms with Gasteiger partial charge in [0.15, 0.2) is 5.82 Å². The fourth-order valence-corrected chi connectivity index (χ4v) is 4.06. The molecule has 0 saturated carbocycles. The second-order valence-corrected chi connectivity index (χ2v) is 6.79. The third kappa shape index (κ3) is 2.25. The number of rotatable bonds is 3. The Bertz CT molecular complexity index is 1080. The molecule has 0 aliphatic carbocycles. The molecule has 0 unspecified atom stereocenters. The molecule has 26 heavy (non-hydrogen) atoms. The molecule has 3 heterocycles. The van der Waals surface area contributed by atoms with E-state index in [2.05, 4.69) is 51.7 Å². The summed E-state index contributed by atoms with van der Waals surface area (Å²) in [6.07, 6.45) is 5.64. The number of nitrogens with zero attached hydrogens (tertiary/aromatic N) is 3. The minimum Gasteiger partial charge on any atom is -0.496 e. The quantitative estimate of drug-likeness (QED) is 0.534. The molecule has 0 atom stereocenters. The van der Waals surface area contributed by atoms with Crippen molar-refractivity contribution in [1.29, 1.82) is 0 Å². The first-order valence-corrected chi connectivity index (χ1v) is 9.16. The highest BCUT2D eigenvalue weighted by Crippen LogP contribution is 2.36. The molecular formula is C22H21N3O. The van der Waals surface area contributed by atoms with E-state index in [-0.39, 0.29) is 0 Å². The first-order chi connectivity index (χ1) is 12.9. The van der Waals surface area contributed by atoms with Gasteiger partial charge in [-0.25, -0.2) is 4.52 Å². The Hall–Kier alpha value is -3.01. The van der Waals surface area contributed by atoms with Crippen LogP contribution in [-0.2, 0) is 13.0 Å². The molecule has 4 aromatic rings. The number of benzene rings is 2. The lowest BCUT2D eigenvalue weighted by Gasteiger charge is -2.10. The summed E-state index contributed by atoms with van der Waals surface area (Å²) in [4.78, 5) is 0. The topological polar surface area (TPSA) is 31.5 Å². The Balaban J connectivity index is 1.77. The summed E-state index contributed by atoms with van der Waals surface area (Å²) in [5.41, 5.74) is 6.24. The minimum atomic E-state index is 0.867. The van der Waals surface area contributed by atoms with Gasteiger partial charge in [-0.1, -0.05) is 42.5 Å². The molecule has 0 bridgehead atoms. The third-order valence-electron chi connectivity index (χ3n) is 5.27. The van der Waals surface area contributed by atoms with E-state index >= 15 is 0 Å². The van der Waals surface area contributed by atoms with Crippen molar-refractivity contribution in [3.63, 3.8) is 0 Å². The molecular weight excluding hydrogens is 322 g/mol. The zero-order chi connectivity index (χ0) is 17.5. The predicted molar refractivity (Wildman–Crippen MR) is 104 cm³/mol. The normalized spacial score (nSPS) is 13.7. The van der Waals surface area contributed by atoms with Gasteiger partial charge < -0.3 is 9.30 Å². The number of para-hydroxylation sites is 1. The molecule has 0 saturated heterocycles. The fourth-order valence-electron chi connectivity index (χ4n) is 4.06. The summed E-state index contributed by atoms with van der Waals surface area (Å²) in [5, 5.41) is 4.95. The molecule has 1 aliphatic heterocycles. The van der Waals surface area contributed by atoms with Gasteiger partial charge in [-0.2, -0.15) is 0 Å². The van der Waals surface area contributed by atoms with Gasteiger partial charge in [0.2, 0.25) is 0 Å². The molecule has 4 nitrogen and oxygen atoms in total. The van der Waals surface area contributed by atoms with E-state index in [1.54, 1.807) is 7.11 Å². The van der Waals surface area contributed by atoms with Crippen LogP contribution in [0.3, 0.4) is 0 Å². The van der Waals surface area contributed by atoms with Crippen LogP contribution in [0.4, 0.5) is 0 Å². The Morgan fingerprint density at radius 3 is 2.58 bits per heavy atom. The maximum absolute atomic E-state index is 5.58. The summed E-state index contributed by atoms with van der Waals surface area (Å²) < 4.78 is 10.0. The van der Waals surface area contributed by atoms with Crippen molar-refractivity contribution in [2.75, 3.05) is 7.11 Å². The third-order valence-corrected chi connectivity index (χ3v) is 5.27. The molecule has 130 valence electrons. The summed E-state index contributed by atoms with van der Waals surface area (Å²) in [6, 6.07) is 18.8. The smallest absolute Gasteiger partial charge is 0.166 e. The number of ether oxygens (including phenoxy) is 1. The van der Waals surface area contributed by atoms with Crippen LogP contribution in [0, 0.1) is 0 Å². The Morgan fingerprint density at radius 1 is 0.923 bits per heavy atom. The lowest BCUT2D eigenvalue weighted by atomic mass is 10.0. The molecule has 0 spiro atoms. The number of aryl methyl sites for hydroxylation is 2. The second kappa shape index (κ2) is 6.06. The number of methoxy groups -OCH3 is 1. The van der Waals surface area contributed by atoms with Crippen LogP contribution in [0.15, 0.2) is 60.8 Å². The number of aromatic nitrogens is 3. The highest BCUT2D eigenvalue weighted by molar-refractivity contribution is 5.77. The van der Waals surface area contributed by atoms with E-state index in [4.69, 9.17) is 9.84 Å². The molecule has 0 radical (unpaired) electrons. The van der Waals surface area contributed by atoms with E-state index in [1.165, 1.54) is 28.8 Å². The molecule has 0 amide bonds. The highest BCUT2D eigenvalue weighted by Gasteiger charge is 2.23. The molecule has 0 N–H and O–H groups in total. The zero-order valence-electron chi connectivity index (χ0n) is 14.9. The molecule has 0 fully saturated rings. The molecule has 1 aliphatic rings. The van der Waals surface area contributed by atoms with Gasteiger partial charge >= 0.3 is 0 Å². The lowest BCUT2D eigenvalue weighted by Crippen LogP contribution is -2.01. The van der Waals surface area contributed by atoms with Gasteiger partial charge in [0.1, 0.15) is 11.4 Å². The second-order valence-electron chi connectivity index (χ2n) is 6.79. The molecule has 2 aromatic heterocycles. The van der Waals surface area contributed by atoms with Gasteiger partial charge in [0.05, 0.1) is 12.7 Å². The lowest BCUT2D eigenvalue weighted by molar-refractivity contribution is 0.416. The summed E-state index contributed by atoms with van der Waals surface area (Å²) in [5.74, 6) is 1.85. The maximum Gasteiger partial charge on any atom is 0.166 e. The predicted octanol–water partition coefficient (Wildman–Crippen LogP) is 4.81. The van der Waals surface area contributed by atoms with Gasteiger partial charge in [0, 0.05) is 23.9 Å². The van der Waals surface area contributed by atoms with Crippen molar-refractivity contribution >= 4 is 5.65 Å². The van der Waals surface area contributed by atoms with Crippen LogP contribution in [0.5, 0.6) is 5.75 Å². The van der Waals surface area contributed by atoms with E-state index in [1.807, 2.05) is 18.2 Å². The van der Waals surface area contributed by atoms with Crippen molar-refractivity contribution in [3.8, 4) is 28.3 Å². The standard InChI is InChI=1S/C22H21N3O/c1-26-20-13-6-5-12-18(20)21-23-25-15-19(16-9-3-2-4-10-16)17-11-7-8-14-24(21)22(17)25/h2-6,9-10,12-13,15H,7-8,11,14H2,1H3. The van der Waals surface area contributed by atoms with E-state index < -0.39 is 0 Å². The molecule has 5 rings (SSSR count). The average molecular weight is 343 g/mol. The summed E-state index contributed by atoms with van der Waals surface area (Å²) in [6.45, 7) is 0.988. The van der Waals surface area contributed by atoms with Crippen LogP contribution in [0.25, 0.3) is 28.2 Å². The first kappa shape index (κ1) is 15.3. The van der Waals surface area contributed by atoms with Crippen LogP contribution in [0.2, 0.25) is 0 Å². The minimum absolute atomic E-state index is 0.867. The van der Waals surface area contributed by atoms with Crippen LogP contribution in [0.1, 0.15) is 18.4 Å². The largest absolute Gasteiger partial charge is 0.496 e. The van der Waals surface area contributed by atoms with Crippen LogP contribution >= 0.6 is 0 Å². The van der Waals surface area contributed by atoms with Gasteiger partial charge in [-0.3, -0.25) is 0 Å². The monoisotopic (exact) mass is 343 g/mol. The van der Waals surface area contributed by atoms with Crippen molar-refractivity contribution < 1.29 is 4.74 Å². The fraction of sp³-hybridized carbons (Fsp3) is 0.227. The number of hydrogen-bond donors (Lipinski definition) is 0.